The highest BCUT2D eigenvalue weighted by atomic mass is 15.3. The summed E-state index contributed by atoms with van der Waals surface area (Å²) in [7, 11) is 2.24. The molecular weight excluding hydrogens is 278 g/mol. The third-order valence-electron chi connectivity index (χ3n) is 4.05. The molecule has 118 valence electrons. The van der Waals surface area contributed by atoms with Crippen molar-refractivity contribution in [1.29, 1.82) is 0 Å². The van der Waals surface area contributed by atoms with Crippen molar-refractivity contribution < 1.29 is 4.48 Å². The van der Waals surface area contributed by atoms with Gasteiger partial charge in [-0.2, -0.15) is 0 Å². The summed E-state index contributed by atoms with van der Waals surface area (Å²) in [4.78, 5) is 0. The zero-order valence-corrected chi connectivity index (χ0v) is 14.0. The first-order valence-corrected chi connectivity index (χ1v) is 8.05. The molecule has 0 amide bonds. The van der Waals surface area contributed by atoms with Crippen molar-refractivity contribution in [1.82, 2.24) is 0 Å². The Balaban J connectivity index is 2.37. The maximum Gasteiger partial charge on any atom is 0.0985 e. The highest BCUT2D eigenvalue weighted by Crippen LogP contribution is 2.23. The van der Waals surface area contributed by atoms with Crippen LogP contribution in [0.4, 0.5) is 0 Å². The van der Waals surface area contributed by atoms with Crippen LogP contribution in [0.25, 0.3) is 5.57 Å². The van der Waals surface area contributed by atoms with Crippen LogP contribution in [0.1, 0.15) is 11.1 Å². The Kier molecular flexibility index (Phi) is 6.13. The lowest BCUT2D eigenvalue weighted by Crippen LogP contribution is -2.44. The minimum atomic E-state index is 0.885. The minimum absolute atomic E-state index is 0.885. The Bertz CT molecular complexity index is 601. The normalized spacial score (nSPS) is 10.8. The highest BCUT2D eigenvalue weighted by Gasteiger charge is 2.17. The lowest BCUT2D eigenvalue weighted by molar-refractivity contribution is -0.892. The molecule has 2 aromatic carbocycles. The average Bonchev–Trinajstić information content (AvgIpc) is 2.57. The van der Waals surface area contributed by atoms with Gasteiger partial charge in [0.15, 0.2) is 0 Å². The van der Waals surface area contributed by atoms with E-state index in [9.17, 15) is 0 Å². The summed E-state index contributed by atoms with van der Waals surface area (Å²) in [5.74, 6) is 0. The smallest absolute Gasteiger partial charge is 0.0985 e. The van der Waals surface area contributed by atoms with Crippen molar-refractivity contribution in [3.63, 3.8) is 0 Å². The number of nitrogens with zero attached hydrogens (tertiary/aromatic N) is 1. The molecular formula is C22H26N+. The molecule has 0 fully saturated rings. The molecule has 0 atom stereocenters. The molecule has 0 aliphatic rings. The predicted octanol–water partition coefficient (Wildman–Crippen LogP) is 4.94. The fourth-order valence-electron chi connectivity index (χ4n) is 2.80. The van der Waals surface area contributed by atoms with Gasteiger partial charge in [-0.15, -0.1) is 0 Å². The van der Waals surface area contributed by atoms with E-state index in [1.165, 1.54) is 16.7 Å². The number of benzene rings is 2. The first-order valence-electron chi connectivity index (χ1n) is 8.05. The molecule has 0 heterocycles. The summed E-state index contributed by atoms with van der Waals surface area (Å²) in [6.45, 7) is 10.6. The Hall–Kier alpha value is -2.38. The molecule has 0 spiro atoms. The van der Waals surface area contributed by atoms with Gasteiger partial charge in [-0.05, 0) is 34.9 Å². The van der Waals surface area contributed by atoms with E-state index < -0.39 is 0 Å². The van der Waals surface area contributed by atoms with Crippen molar-refractivity contribution in [3.8, 4) is 0 Å². The maximum absolute atomic E-state index is 3.90. The van der Waals surface area contributed by atoms with Crippen LogP contribution in [0, 0.1) is 0 Å². The molecule has 0 aromatic heterocycles. The first-order chi connectivity index (χ1) is 11.2. The van der Waals surface area contributed by atoms with Crippen LogP contribution in [-0.4, -0.2) is 31.2 Å². The van der Waals surface area contributed by atoms with Crippen LogP contribution in [0.2, 0.25) is 0 Å². The van der Waals surface area contributed by atoms with Gasteiger partial charge in [0.05, 0.1) is 26.7 Å². The van der Waals surface area contributed by atoms with Gasteiger partial charge in [-0.25, -0.2) is 0 Å². The zero-order chi connectivity index (χ0) is 16.5. The predicted molar refractivity (Wildman–Crippen MR) is 101 cm³/mol. The van der Waals surface area contributed by atoms with E-state index in [4.69, 9.17) is 0 Å². The van der Waals surface area contributed by atoms with Gasteiger partial charge < -0.3 is 4.48 Å². The van der Waals surface area contributed by atoms with E-state index in [-0.39, 0.29) is 0 Å². The lowest BCUT2D eigenvalue weighted by atomic mass is 9.97. The van der Waals surface area contributed by atoms with Crippen LogP contribution in [0.5, 0.6) is 0 Å². The van der Waals surface area contributed by atoms with E-state index in [0.29, 0.717) is 0 Å². The topological polar surface area (TPSA) is 0 Å². The minimum Gasteiger partial charge on any atom is -0.316 e. The second kappa shape index (κ2) is 8.30. The Labute approximate surface area is 140 Å². The average molecular weight is 304 g/mol. The zero-order valence-electron chi connectivity index (χ0n) is 14.0. The van der Waals surface area contributed by atoms with Crippen molar-refractivity contribution in [2.45, 2.75) is 0 Å². The molecule has 2 rings (SSSR count). The summed E-state index contributed by atoms with van der Waals surface area (Å²) in [5.41, 5.74) is 3.79. The van der Waals surface area contributed by atoms with Crippen molar-refractivity contribution in [2.75, 3.05) is 26.7 Å². The van der Waals surface area contributed by atoms with Gasteiger partial charge in [0.2, 0.25) is 0 Å². The molecule has 0 aliphatic carbocycles. The fraction of sp³-hybridized carbons (Fsp3) is 0.182. The summed E-state index contributed by atoms with van der Waals surface area (Å²) in [5, 5.41) is 0. The molecule has 0 saturated heterocycles. The largest absolute Gasteiger partial charge is 0.316 e. The fourth-order valence-corrected chi connectivity index (χ4v) is 2.80. The first kappa shape index (κ1) is 17.0. The Morgan fingerprint density at radius 1 is 0.783 bits per heavy atom. The van der Waals surface area contributed by atoms with Crippen LogP contribution < -0.4 is 0 Å². The molecule has 0 radical (unpaired) electrons. The SMILES string of the molecule is C=CC[N+](C)(CC=C)CC=C(c1ccccc1)c1ccccc1. The molecule has 1 heteroatoms. The molecule has 2 aromatic rings. The number of quaternary nitrogens is 1. The summed E-state index contributed by atoms with van der Waals surface area (Å²) >= 11 is 0. The molecule has 0 unspecified atom stereocenters. The second-order valence-corrected chi connectivity index (χ2v) is 6.09. The lowest BCUT2D eigenvalue weighted by Gasteiger charge is -2.31. The highest BCUT2D eigenvalue weighted by molar-refractivity contribution is 5.79. The Morgan fingerprint density at radius 2 is 1.22 bits per heavy atom. The monoisotopic (exact) mass is 304 g/mol. The van der Waals surface area contributed by atoms with Crippen LogP contribution >= 0.6 is 0 Å². The molecule has 0 aliphatic heterocycles. The van der Waals surface area contributed by atoms with Gasteiger partial charge in [0.25, 0.3) is 0 Å². The van der Waals surface area contributed by atoms with E-state index in [1.807, 2.05) is 12.2 Å². The van der Waals surface area contributed by atoms with Crippen molar-refractivity contribution >= 4 is 5.57 Å². The standard InChI is InChI=1S/C22H26N/c1-4-17-23(3,18-5-2)19-16-22(20-12-8-6-9-13-20)21-14-10-7-11-15-21/h4-16H,1-2,17-19H2,3H3/q+1. The quantitative estimate of drug-likeness (QED) is 0.479. The number of rotatable bonds is 8. The Morgan fingerprint density at radius 3 is 1.61 bits per heavy atom. The van der Waals surface area contributed by atoms with Crippen molar-refractivity contribution in [3.05, 3.63) is 103 Å². The number of hydrogen-bond acceptors (Lipinski definition) is 0. The van der Waals surface area contributed by atoms with Crippen molar-refractivity contribution in [2.24, 2.45) is 0 Å². The summed E-state index contributed by atoms with van der Waals surface area (Å²) < 4.78 is 0.885. The molecule has 23 heavy (non-hydrogen) atoms. The third kappa shape index (κ3) is 4.80. The van der Waals surface area contributed by atoms with Crippen LogP contribution in [-0.2, 0) is 0 Å². The van der Waals surface area contributed by atoms with Gasteiger partial charge in [0.1, 0.15) is 0 Å². The molecule has 1 nitrogen and oxygen atoms in total. The summed E-state index contributed by atoms with van der Waals surface area (Å²) in [6, 6.07) is 21.2. The van der Waals surface area contributed by atoms with Gasteiger partial charge >= 0.3 is 0 Å². The number of likely N-dealkylation sites (N-methyl/N-ethyl adjacent to an activating group) is 1. The molecule has 0 saturated carbocycles. The second-order valence-electron chi connectivity index (χ2n) is 6.09. The van der Waals surface area contributed by atoms with Crippen LogP contribution in [0.15, 0.2) is 92.0 Å². The van der Waals surface area contributed by atoms with Gasteiger partial charge in [-0.3, -0.25) is 0 Å². The van der Waals surface area contributed by atoms with Gasteiger partial charge in [0, 0.05) is 0 Å². The van der Waals surface area contributed by atoms with E-state index in [0.717, 1.165) is 24.1 Å². The third-order valence-corrected chi connectivity index (χ3v) is 4.05. The number of hydrogen-bond donors (Lipinski definition) is 0. The van der Waals surface area contributed by atoms with Crippen LogP contribution in [0.3, 0.4) is 0 Å². The molecule has 0 N–H and O–H groups in total. The summed E-state index contributed by atoms with van der Waals surface area (Å²) in [6.07, 6.45) is 6.32. The molecule has 0 bridgehead atoms. The maximum atomic E-state index is 3.90. The van der Waals surface area contributed by atoms with E-state index in [1.54, 1.807) is 0 Å². The van der Waals surface area contributed by atoms with Gasteiger partial charge in [-0.1, -0.05) is 73.8 Å². The van der Waals surface area contributed by atoms with E-state index >= 15 is 0 Å². The van der Waals surface area contributed by atoms with E-state index in [2.05, 4.69) is 86.9 Å².